The van der Waals surface area contributed by atoms with Crippen molar-refractivity contribution in [1.29, 1.82) is 0 Å². The average Bonchev–Trinajstić information content (AvgIpc) is 3.16. The van der Waals surface area contributed by atoms with E-state index in [4.69, 9.17) is 28.0 Å². The molecule has 34 heavy (non-hydrogen) atoms. The summed E-state index contributed by atoms with van der Waals surface area (Å²) in [5, 5.41) is 7.08. The molecular formula is C21H17BrClFN4O4S2. The second kappa shape index (κ2) is 8.59. The topological polar surface area (TPSA) is 93.5 Å². The third-order valence-corrected chi connectivity index (χ3v) is 8.33. The fourth-order valence-corrected chi connectivity index (χ4v) is 6.03. The number of likely N-dealkylation sites (N-methyl/N-ethyl adjacent to an activating group) is 1. The first kappa shape index (κ1) is 24.6. The number of rotatable bonds is 5. The summed E-state index contributed by atoms with van der Waals surface area (Å²) in [6.07, 6.45) is 0. The van der Waals surface area contributed by atoms with Gasteiger partial charge in [0.1, 0.15) is 16.7 Å². The Morgan fingerprint density at radius 2 is 1.88 bits per heavy atom. The molecule has 1 amide bonds. The van der Waals surface area contributed by atoms with Gasteiger partial charge in [-0.3, -0.25) is 14.4 Å². The van der Waals surface area contributed by atoms with Gasteiger partial charge in [-0.15, -0.1) is 0 Å². The number of hydrogen-bond donors (Lipinski definition) is 1. The van der Waals surface area contributed by atoms with Crippen LogP contribution in [0, 0.1) is 12.7 Å². The van der Waals surface area contributed by atoms with Crippen LogP contribution in [0.15, 0.2) is 51.8 Å². The minimum Gasteiger partial charge on any atom is -0.379 e. The molecule has 1 aliphatic heterocycles. The summed E-state index contributed by atoms with van der Waals surface area (Å²) < 4.78 is 46.6. The van der Waals surface area contributed by atoms with E-state index in [9.17, 15) is 17.6 Å². The Bertz CT molecular complexity index is 1460. The van der Waals surface area contributed by atoms with Crippen LogP contribution in [0.5, 0.6) is 5.75 Å². The maximum Gasteiger partial charge on any atom is 0.344 e. The Kier molecular flexibility index (Phi) is 6.21. The second-order valence-electron chi connectivity index (χ2n) is 7.57. The molecular weight excluding hydrogens is 571 g/mol. The zero-order valence-electron chi connectivity index (χ0n) is 18.0. The lowest BCUT2D eigenvalue weighted by molar-refractivity contribution is -0.129. The first-order chi connectivity index (χ1) is 15.9. The molecule has 0 radical (unpaired) electrons. The predicted octanol–water partition coefficient (Wildman–Crippen LogP) is 3.64. The molecule has 1 fully saturated rings. The predicted molar refractivity (Wildman–Crippen MR) is 131 cm³/mol. The van der Waals surface area contributed by atoms with Crippen molar-refractivity contribution >= 4 is 60.9 Å². The molecule has 0 spiro atoms. The van der Waals surface area contributed by atoms with E-state index < -0.39 is 27.4 Å². The van der Waals surface area contributed by atoms with Gasteiger partial charge in [0, 0.05) is 14.1 Å². The van der Waals surface area contributed by atoms with Crippen molar-refractivity contribution in [2.75, 3.05) is 7.05 Å². The van der Waals surface area contributed by atoms with Crippen LogP contribution >= 0.6 is 39.7 Å². The van der Waals surface area contributed by atoms with Crippen LogP contribution in [0.2, 0.25) is 5.15 Å². The monoisotopic (exact) mass is 586 g/mol. The highest BCUT2D eigenvalue weighted by Crippen LogP contribution is 2.39. The van der Waals surface area contributed by atoms with Crippen molar-refractivity contribution in [3.8, 4) is 5.75 Å². The average molecular weight is 588 g/mol. The summed E-state index contributed by atoms with van der Waals surface area (Å²) in [6.45, 7) is 1.50. The van der Waals surface area contributed by atoms with Gasteiger partial charge in [0.05, 0.1) is 10.2 Å². The van der Waals surface area contributed by atoms with Gasteiger partial charge in [0.25, 0.3) is 5.91 Å². The highest BCUT2D eigenvalue weighted by Gasteiger charge is 2.51. The molecule has 1 aliphatic rings. The first-order valence-corrected chi connectivity index (χ1v) is 12.7. The van der Waals surface area contributed by atoms with Crippen LogP contribution in [0.25, 0.3) is 0 Å². The second-order valence-corrected chi connectivity index (χ2v) is 10.6. The van der Waals surface area contributed by atoms with Crippen molar-refractivity contribution in [2.45, 2.75) is 17.4 Å². The van der Waals surface area contributed by atoms with Crippen LogP contribution in [0.1, 0.15) is 16.8 Å². The molecule has 0 aliphatic carbocycles. The van der Waals surface area contributed by atoms with Gasteiger partial charge in [-0.2, -0.15) is 13.5 Å². The van der Waals surface area contributed by atoms with Crippen LogP contribution in [0.3, 0.4) is 0 Å². The summed E-state index contributed by atoms with van der Waals surface area (Å²) >= 11 is 14.6. The van der Waals surface area contributed by atoms with E-state index in [1.165, 1.54) is 67.0 Å². The largest absolute Gasteiger partial charge is 0.379 e. The minimum atomic E-state index is -4.34. The highest BCUT2D eigenvalue weighted by molar-refractivity contribution is 9.10. The van der Waals surface area contributed by atoms with Crippen molar-refractivity contribution in [3.05, 3.63) is 74.7 Å². The molecule has 3 aromatic rings. The number of hydrogen-bond acceptors (Lipinski definition) is 6. The zero-order valence-corrected chi connectivity index (χ0v) is 21.9. The third kappa shape index (κ3) is 3.88. The molecule has 0 saturated carbocycles. The van der Waals surface area contributed by atoms with Gasteiger partial charge in [-0.25, -0.2) is 4.39 Å². The Morgan fingerprint density at radius 1 is 1.21 bits per heavy atom. The SMILES string of the molecule is Cc1nn(C)c(Cl)c1S(=O)(=O)Oc1cccc(C2(c3ccc(F)c(Br)c3)NC(=S)N(C)C2=O)c1. The molecule has 8 nitrogen and oxygen atoms in total. The van der Waals surface area contributed by atoms with Crippen LogP contribution < -0.4 is 9.50 Å². The number of aromatic nitrogens is 2. The van der Waals surface area contributed by atoms with E-state index in [2.05, 4.69) is 26.3 Å². The Hall–Kier alpha value is -2.54. The highest BCUT2D eigenvalue weighted by atomic mass is 79.9. The molecule has 1 aromatic heterocycles. The quantitative estimate of drug-likeness (QED) is 0.360. The number of nitrogens with zero attached hydrogens (tertiary/aromatic N) is 3. The van der Waals surface area contributed by atoms with Crippen molar-refractivity contribution in [1.82, 2.24) is 20.0 Å². The number of nitrogens with one attached hydrogen (secondary N) is 1. The van der Waals surface area contributed by atoms with Crippen LogP contribution in [0.4, 0.5) is 4.39 Å². The summed E-state index contributed by atoms with van der Waals surface area (Å²) in [4.78, 5) is 14.4. The molecule has 2 aromatic carbocycles. The first-order valence-electron chi connectivity index (χ1n) is 9.68. The van der Waals surface area contributed by atoms with E-state index in [0.29, 0.717) is 11.1 Å². The zero-order chi connectivity index (χ0) is 25.0. The van der Waals surface area contributed by atoms with Gasteiger partial charge in [0.15, 0.2) is 15.5 Å². The lowest BCUT2D eigenvalue weighted by Crippen LogP contribution is -2.45. The molecule has 2 heterocycles. The molecule has 1 saturated heterocycles. The summed E-state index contributed by atoms with van der Waals surface area (Å²) in [6, 6.07) is 10.1. The van der Waals surface area contributed by atoms with E-state index >= 15 is 0 Å². The standard InChI is InChI=1S/C21H17BrClFN4O4S2/c1-11-17(18(23)28(3)26-11)34(30,31)32-14-6-4-5-12(9-14)21(19(29)27(2)20(33)25-21)13-7-8-16(24)15(22)10-13/h4-10H,1-3H3,(H,25,33). The maximum absolute atomic E-state index is 13.9. The Labute approximate surface area is 213 Å². The molecule has 1 N–H and O–H groups in total. The number of aryl methyl sites for hydroxylation is 2. The number of thiocarbonyl (C=S) groups is 1. The number of carbonyl (C=O) groups excluding carboxylic acids is 1. The summed E-state index contributed by atoms with van der Waals surface area (Å²) in [5.41, 5.74) is -0.628. The molecule has 178 valence electrons. The fourth-order valence-electron chi connectivity index (χ4n) is 3.77. The normalized spacial score (nSPS) is 18.4. The van der Waals surface area contributed by atoms with Crippen LogP contribution in [-0.2, 0) is 27.5 Å². The van der Waals surface area contributed by atoms with E-state index in [-0.39, 0.29) is 31.1 Å². The van der Waals surface area contributed by atoms with Gasteiger partial charge < -0.3 is 9.50 Å². The third-order valence-electron chi connectivity index (χ3n) is 5.40. The van der Waals surface area contributed by atoms with Gasteiger partial charge >= 0.3 is 10.1 Å². The lowest BCUT2D eigenvalue weighted by Gasteiger charge is -2.28. The molecule has 1 unspecified atom stereocenters. The number of halogens is 3. The molecule has 0 bridgehead atoms. The van der Waals surface area contributed by atoms with Crippen LogP contribution in [-0.4, -0.2) is 41.2 Å². The molecule has 1 atom stereocenters. The van der Waals surface area contributed by atoms with Gasteiger partial charge in [0.2, 0.25) is 0 Å². The van der Waals surface area contributed by atoms with E-state index in [1.54, 1.807) is 6.07 Å². The number of amides is 1. The lowest BCUT2D eigenvalue weighted by atomic mass is 9.82. The minimum absolute atomic E-state index is 0.0626. The van der Waals surface area contributed by atoms with Crippen molar-refractivity contribution in [3.63, 3.8) is 0 Å². The van der Waals surface area contributed by atoms with E-state index in [1.807, 2.05) is 0 Å². The summed E-state index contributed by atoms with van der Waals surface area (Å²) in [5.74, 6) is -0.998. The van der Waals surface area contributed by atoms with E-state index in [0.717, 1.165) is 0 Å². The number of carbonyl (C=O) groups is 1. The fraction of sp³-hybridized carbons (Fsp3) is 0.190. The molecule has 4 rings (SSSR count). The molecule has 13 heteroatoms. The Balaban J connectivity index is 1.84. The van der Waals surface area contributed by atoms with Gasteiger partial charge in [-0.1, -0.05) is 29.8 Å². The van der Waals surface area contributed by atoms with Gasteiger partial charge in [-0.05, 0) is 70.5 Å². The summed E-state index contributed by atoms with van der Waals surface area (Å²) in [7, 11) is -1.32. The smallest absolute Gasteiger partial charge is 0.344 e. The van der Waals surface area contributed by atoms with Crippen molar-refractivity contribution in [2.24, 2.45) is 7.05 Å². The number of benzene rings is 2. The van der Waals surface area contributed by atoms with Crippen molar-refractivity contribution < 1.29 is 21.8 Å². The Morgan fingerprint density at radius 3 is 2.44 bits per heavy atom. The maximum atomic E-state index is 13.9.